The molecule has 19 heavy (non-hydrogen) atoms. The van der Waals surface area contributed by atoms with Crippen molar-refractivity contribution < 1.29 is 9.90 Å². The lowest BCUT2D eigenvalue weighted by Crippen LogP contribution is -2.38. The Kier molecular flexibility index (Phi) is 3.25. The highest BCUT2D eigenvalue weighted by Gasteiger charge is 2.28. The summed E-state index contributed by atoms with van der Waals surface area (Å²) in [5, 5.41) is 13.4. The highest BCUT2D eigenvalue weighted by molar-refractivity contribution is 5.98. The first kappa shape index (κ1) is 12.2. The van der Waals surface area contributed by atoms with Crippen molar-refractivity contribution >= 4 is 16.8 Å². The number of carbonyl (C=O) groups is 1. The standard InChI is InChI=1S/C15H18N2O2/c18-9-12-2-1-3-13(12)17-15(19)11-5-4-10-6-7-16-14(10)8-11/h4-8,12-13,16,18H,1-3,9H2,(H,17,19). The molecular formula is C15H18N2O2. The van der Waals surface area contributed by atoms with E-state index in [1.165, 1.54) is 0 Å². The van der Waals surface area contributed by atoms with Crippen molar-refractivity contribution in [2.45, 2.75) is 25.3 Å². The van der Waals surface area contributed by atoms with Crippen LogP contribution in [0.15, 0.2) is 30.5 Å². The molecule has 100 valence electrons. The minimum atomic E-state index is -0.0538. The zero-order valence-corrected chi connectivity index (χ0v) is 10.7. The number of hydrogen-bond acceptors (Lipinski definition) is 2. The summed E-state index contributed by atoms with van der Waals surface area (Å²) < 4.78 is 0. The predicted molar refractivity (Wildman–Crippen MR) is 74.0 cm³/mol. The van der Waals surface area contributed by atoms with Crippen LogP contribution in [0.4, 0.5) is 0 Å². The van der Waals surface area contributed by atoms with Crippen molar-refractivity contribution in [3.05, 3.63) is 36.0 Å². The van der Waals surface area contributed by atoms with Crippen LogP contribution in [0.1, 0.15) is 29.6 Å². The summed E-state index contributed by atoms with van der Waals surface area (Å²) in [6.45, 7) is 0.153. The van der Waals surface area contributed by atoms with Crippen LogP contribution >= 0.6 is 0 Å². The highest BCUT2D eigenvalue weighted by atomic mass is 16.3. The van der Waals surface area contributed by atoms with Gasteiger partial charge in [-0.05, 0) is 36.4 Å². The average Bonchev–Trinajstić information content (AvgIpc) is 3.05. The summed E-state index contributed by atoms with van der Waals surface area (Å²) >= 11 is 0. The number of hydrogen-bond donors (Lipinski definition) is 3. The first-order valence-corrected chi connectivity index (χ1v) is 6.77. The molecule has 0 spiro atoms. The Balaban J connectivity index is 1.76. The number of aliphatic hydroxyl groups excluding tert-OH is 1. The number of H-pyrrole nitrogens is 1. The number of aromatic nitrogens is 1. The molecule has 0 aliphatic heterocycles. The molecule has 1 aromatic heterocycles. The van der Waals surface area contributed by atoms with Crippen LogP contribution in [0, 0.1) is 5.92 Å². The number of carbonyl (C=O) groups excluding carboxylic acids is 1. The van der Waals surface area contributed by atoms with Crippen LogP contribution in [-0.4, -0.2) is 28.6 Å². The lowest BCUT2D eigenvalue weighted by atomic mass is 10.0. The Morgan fingerprint density at radius 1 is 1.37 bits per heavy atom. The third-order valence-corrected chi connectivity index (χ3v) is 4.03. The highest BCUT2D eigenvalue weighted by Crippen LogP contribution is 2.25. The van der Waals surface area contributed by atoms with Crippen LogP contribution in [0.2, 0.25) is 0 Å². The van der Waals surface area contributed by atoms with E-state index in [2.05, 4.69) is 10.3 Å². The van der Waals surface area contributed by atoms with Crippen molar-refractivity contribution in [3.63, 3.8) is 0 Å². The Bertz CT molecular complexity index is 591. The van der Waals surface area contributed by atoms with Crippen LogP contribution < -0.4 is 5.32 Å². The maximum absolute atomic E-state index is 12.2. The molecule has 3 rings (SSSR count). The van der Waals surface area contributed by atoms with Crippen molar-refractivity contribution in [1.82, 2.24) is 10.3 Å². The van der Waals surface area contributed by atoms with Crippen molar-refractivity contribution in [2.75, 3.05) is 6.61 Å². The van der Waals surface area contributed by atoms with Gasteiger partial charge in [0.25, 0.3) is 5.91 Å². The Hall–Kier alpha value is -1.81. The molecule has 1 aliphatic carbocycles. The molecule has 4 nitrogen and oxygen atoms in total. The van der Waals surface area contributed by atoms with Crippen LogP contribution in [-0.2, 0) is 0 Å². The van der Waals surface area contributed by atoms with E-state index in [0.29, 0.717) is 5.56 Å². The second-order valence-corrected chi connectivity index (χ2v) is 5.23. The fourth-order valence-corrected chi connectivity index (χ4v) is 2.89. The van der Waals surface area contributed by atoms with Crippen molar-refractivity contribution in [2.24, 2.45) is 5.92 Å². The number of nitrogens with one attached hydrogen (secondary N) is 2. The molecule has 0 saturated heterocycles. The Morgan fingerprint density at radius 3 is 3.11 bits per heavy atom. The van der Waals surface area contributed by atoms with Gasteiger partial charge in [0.2, 0.25) is 0 Å². The Labute approximate surface area is 111 Å². The van der Waals surface area contributed by atoms with E-state index >= 15 is 0 Å². The van der Waals surface area contributed by atoms with Gasteiger partial charge >= 0.3 is 0 Å². The summed E-state index contributed by atoms with van der Waals surface area (Å²) in [5.41, 5.74) is 1.64. The van der Waals surface area contributed by atoms with E-state index in [0.717, 1.165) is 30.2 Å². The van der Waals surface area contributed by atoms with Crippen LogP contribution in [0.3, 0.4) is 0 Å². The molecule has 1 aliphatic rings. The number of aliphatic hydroxyl groups is 1. The van der Waals surface area contributed by atoms with E-state index in [1.807, 2.05) is 30.5 Å². The first-order chi connectivity index (χ1) is 9.28. The van der Waals surface area contributed by atoms with E-state index in [1.54, 1.807) is 0 Å². The molecule has 2 aromatic rings. The van der Waals surface area contributed by atoms with E-state index in [-0.39, 0.29) is 24.5 Å². The van der Waals surface area contributed by atoms with E-state index < -0.39 is 0 Å². The van der Waals surface area contributed by atoms with Gasteiger partial charge in [0, 0.05) is 35.8 Å². The lowest BCUT2D eigenvalue weighted by molar-refractivity contribution is 0.0916. The molecule has 1 aromatic carbocycles. The summed E-state index contributed by atoms with van der Waals surface area (Å²) in [6.07, 6.45) is 4.90. The molecule has 0 bridgehead atoms. The number of fused-ring (bicyclic) bond motifs is 1. The van der Waals surface area contributed by atoms with Gasteiger partial charge in [-0.2, -0.15) is 0 Å². The third-order valence-electron chi connectivity index (χ3n) is 4.03. The molecule has 2 atom stereocenters. The van der Waals surface area contributed by atoms with Gasteiger partial charge in [-0.1, -0.05) is 12.5 Å². The monoisotopic (exact) mass is 258 g/mol. The van der Waals surface area contributed by atoms with Gasteiger partial charge in [0.15, 0.2) is 0 Å². The summed E-state index contributed by atoms with van der Waals surface area (Å²) in [6, 6.07) is 7.74. The smallest absolute Gasteiger partial charge is 0.251 e. The molecule has 3 N–H and O–H groups in total. The molecule has 1 amide bonds. The molecule has 0 radical (unpaired) electrons. The number of aromatic amines is 1. The van der Waals surface area contributed by atoms with Gasteiger partial charge in [0.1, 0.15) is 0 Å². The number of rotatable bonds is 3. The topological polar surface area (TPSA) is 65.1 Å². The number of benzene rings is 1. The molecule has 1 fully saturated rings. The van der Waals surface area contributed by atoms with Gasteiger partial charge < -0.3 is 15.4 Å². The first-order valence-electron chi connectivity index (χ1n) is 6.77. The van der Waals surface area contributed by atoms with E-state index in [4.69, 9.17) is 0 Å². The van der Waals surface area contributed by atoms with Gasteiger partial charge in [-0.25, -0.2) is 0 Å². The van der Waals surface area contributed by atoms with Crippen LogP contribution in [0.25, 0.3) is 10.9 Å². The fraction of sp³-hybridized carbons (Fsp3) is 0.400. The zero-order valence-electron chi connectivity index (χ0n) is 10.7. The summed E-state index contributed by atoms with van der Waals surface area (Å²) in [4.78, 5) is 15.3. The van der Waals surface area contributed by atoms with Gasteiger partial charge in [0.05, 0.1) is 0 Å². The van der Waals surface area contributed by atoms with Crippen molar-refractivity contribution in [1.29, 1.82) is 0 Å². The molecular weight excluding hydrogens is 240 g/mol. The van der Waals surface area contributed by atoms with Crippen molar-refractivity contribution in [3.8, 4) is 0 Å². The SMILES string of the molecule is O=C(NC1CCCC1CO)c1ccc2cc[nH]c2c1. The second-order valence-electron chi connectivity index (χ2n) is 5.23. The molecule has 2 unspecified atom stereocenters. The normalized spacial score (nSPS) is 22.8. The predicted octanol–water partition coefficient (Wildman–Crippen LogP) is 2.06. The van der Waals surface area contributed by atoms with E-state index in [9.17, 15) is 9.90 Å². The fourth-order valence-electron chi connectivity index (χ4n) is 2.89. The molecule has 4 heteroatoms. The summed E-state index contributed by atoms with van der Waals surface area (Å²) in [5.74, 6) is 0.153. The Morgan fingerprint density at radius 2 is 2.26 bits per heavy atom. The quantitative estimate of drug-likeness (QED) is 0.789. The summed E-state index contributed by atoms with van der Waals surface area (Å²) in [7, 11) is 0. The van der Waals surface area contributed by atoms with Crippen LogP contribution in [0.5, 0.6) is 0 Å². The average molecular weight is 258 g/mol. The maximum atomic E-state index is 12.2. The minimum absolute atomic E-state index is 0.0538. The second kappa shape index (κ2) is 5.05. The molecule has 1 heterocycles. The maximum Gasteiger partial charge on any atom is 0.251 e. The van der Waals surface area contributed by atoms with Gasteiger partial charge in [-0.3, -0.25) is 4.79 Å². The van der Waals surface area contributed by atoms with Gasteiger partial charge in [-0.15, -0.1) is 0 Å². The number of amides is 1. The zero-order chi connectivity index (χ0) is 13.2. The third kappa shape index (κ3) is 2.36. The largest absolute Gasteiger partial charge is 0.396 e. The lowest BCUT2D eigenvalue weighted by Gasteiger charge is -2.19. The molecule has 1 saturated carbocycles. The minimum Gasteiger partial charge on any atom is -0.396 e.